The van der Waals surface area contributed by atoms with Gasteiger partial charge < -0.3 is 15.8 Å². The van der Waals surface area contributed by atoms with Crippen molar-refractivity contribution in [2.45, 2.75) is 13.1 Å². The minimum atomic E-state index is -5.21. The molecule has 11 heteroatoms. The van der Waals surface area contributed by atoms with Crippen LogP contribution in [-0.4, -0.2) is 36.8 Å². The number of benzene rings is 1. The van der Waals surface area contributed by atoms with Crippen molar-refractivity contribution >= 4 is 17.5 Å². The molecule has 0 atom stereocenters. The van der Waals surface area contributed by atoms with E-state index < -0.39 is 58.8 Å². The Kier molecular flexibility index (Phi) is 6.81. The topological polar surface area (TPSA) is 105 Å². The van der Waals surface area contributed by atoms with E-state index in [9.17, 15) is 31.5 Å². The Hall–Kier alpha value is -2.98. The lowest BCUT2D eigenvalue weighted by Crippen LogP contribution is -2.35. The van der Waals surface area contributed by atoms with Gasteiger partial charge in [0.25, 0.3) is 0 Å². The van der Waals surface area contributed by atoms with E-state index in [1.54, 1.807) is 0 Å². The number of nitrogens with one attached hydrogen (secondary N) is 2. The zero-order valence-corrected chi connectivity index (χ0v) is 13.3. The summed E-state index contributed by atoms with van der Waals surface area (Å²) in [5.41, 5.74) is 0.873. The largest absolute Gasteiger partial charge is 0.454 e. The molecular weight excluding hydrogens is 365 g/mol. The van der Waals surface area contributed by atoms with Gasteiger partial charge in [-0.15, -0.1) is 0 Å². The molecule has 26 heavy (non-hydrogen) atoms. The standard InChI is InChI=1S/C15H14F5N3O3/c1-2-23-13(22)11(12(21)15(18,19)20)14(25)26-6-9(24)10-7(16)4-3-5-8(10)17/h3-5,21,23H,2,6,22H2,1H3/b13-11+,21-12?. The van der Waals surface area contributed by atoms with Crippen LogP contribution >= 0.6 is 0 Å². The summed E-state index contributed by atoms with van der Waals surface area (Å²) in [4.78, 5) is 23.7. The average molecular weight is 379 g/mol. The van der Waals surface area contributed by atoms with Gasteiger partial charge in [0, 0.05) is 6.54 Å². The predicted molar refractivity (Wildman–Crippen MR) is 80.3 cm³/mol. The lowest BCUT2D eigenvalue weighted by Gasteiger charge is -2.15. The van der Waals surface area contributed by atoms with Crippen LogP contribution in [0, 0.1) is 17.0 Å². The van der Waals surface area contributed by atoms with Gasteiger partial charge in [-0.3, -0.25) is 10.2 Å². The normalized spacial score (nSPS) is 12.2. The van der Waals surface area contributed by atoms with E-state index in [0.29, 0.717) is 0 Å². The Morgan fingerprint density at radius 2 is 1.77 bits per heavy atom. The summed E-state index contributed by atoms with van der Waals surface area (Å²) in [6.07, 6.45) is -5.21. The minimum absolute atomic E-state index is 0.0348. The molecule has 1 rings (SSSR count). The molecule has 0 radical (unpaired) electrons. The third kappa shape index (κ3) is 5.01. The first-order valence-corrected chi connectivity index (χ1v) is 7.04. The van der Waals surface area contributed by atoms with E-state index in [2.05, 4.69) is 10.1 Å². The van der Waals surface area contributed by atoms with E-state index in [4.69, 9.17) is 11.1 Å². The number of alkyl halides is 3. The van der Waals surface area contributed by atoms with Crippen molar-refractivity contribution < 1.29 is 36.3 Å². The van der Waals surface area contributed by atoms with Crippen LogP contribution in [0.15, 0.2) is 29.6 Å². The highest BCUT2D eigenvalue weighted by Crippen LogP contribution is 2.22. The van der Waals surface area contributed by atoms with E-state index in [1.807, 2.05) is 0 Å². The van der Waals surface area contributed by atoms with Crippen molar-refractivity contribution in [3.05, 3.63) is 46.8 Å². The number of halogens is 5. The molecule has 0 amide bonds. The molecule has 6 nitrogen and oxygen atoms in total. The van der Waals surface area contributed by atoms with Crippen molar-refractivity contribution in [3.63, 3.8) is 0 Å². The fourth-order valence-electron chi connectivity index (χ4n) is 1.81. The van der Waals surface area contributed by atoms with Crippen molar-refractivity contribution in [2.75, 3.05) is 13.2 Å². The lowest BCUT2D eigenvalue weighted by atomic mass is 10.1. The number of Topliss-reactive ketones (excluding diaryl/α,β-unsaturated/α-hetero) is 1. The molecular formula is C15H14F5N3O3. The third-order valence-electron chi connectivity index (χ3n) is 2.95. The van der Waals surface area contributed by atoms with Gasteiger partial charge in [0.05, 0.1) is 5.56 Å². The number of nitrogens with two attached hydrogens (primary N) is 1. The van der Waals surface area contributed by atoms with Gasteiger partial charge in [0.2, 0.25) is 5.78 Å². The Morgan fingerprint density at radius 1 is 1.23 bits per heavy atom. The summed E-state index contributed by atoms with van der Waals surface area (Å²) >= 11 is 0. The number of carbonyl (C=O) groups excluding carboxylic acids is 2. The molecule has 1 aromatic rings. The van der Waals surface area contributed by atoms with Gasteiger partial charge in [-0.05, 0) is 19.1 Å². The van der Waals surface area contributed by atoms with Crippen LogP contribution in [0.1, 0.15) is 17.3 Å². The highest BCUT2D eigenvalue weighted by atomic mass is 19.4. The maximum atomic E-state index is 13.5. The molecule has 1 aromatic carbocycles. The maximum Gasteiger partial charge on any atom is 0.433 e. The zero-order chi connectivity index (χ0) is 20.1. The highest BCUT2D eigenvalue weighted by Gasteiger charge is 2.41. The van der Waals surface area contributed by atoms with Crippen molar-refractivity contribution in [1.29, 1.82) is 5.41 Å². The minimum Gasteiger partial charge on any atom is -0.454 e. The molecule has 4 N–H and O–H groups in total. The average Bonchev–Trinajstić information content (AvgIpc) is 2.52. The van der Waals surface area contributed by atoms with Crippen LogP contribution < -0.4 is 11.1 Å². The molecule has 0 aliphatic carbocycles. The van der Waals surface area contributed by atoms with E-state index >= 15 is 0 Å². The second kappa shape index (κ2) is 8.41. The molecule has 0 fully saturated rings. The Labute approximate surface area is 144 Å². The van der Waals surface area contributed by atoms with Crippen LogP contribution in [0.3, 0.4) is 0 Å². The first-order valence-electron chi connectivity index (χ1n) is 7.04. The van der Waals surface area contributed by atoms with Crippen LogP contribution in [0.2, 0.25) is 0 Å². The summed E-state index contributed by atoms with van der Waals surface area (Å²) < 4.78 is 69.5. The SMILES string of the molecule is CCN/C(N)=C(\C(=N)C(F)(F)F)C(=O)OCC(=O)c1c(F)cccc1F. The summed E-state index contributed by atoms with van der Waals surface area (Å²) in [5.74, 6) is -6.29. The molecule has 0 aliphatic heterocycles. The number of carbonyl (C=O) groups is 2. The number of ketones is 1. The van der Waals surface area contributed by atoms with Crippen LogP contribution in [0.25, 0.3) is 0 Å². The molecule has 0 saturated heterocycles. The molecule has 142 valence electrons. The number of esters is 1. The van der Waals surface area contributed by atoms with Gasteiger partial charge in [-0.25, -0.2) is 13.6 Å². The van der Waals surface area contributed by atoms with Crippen molar-refractivity contribution in [2.24, 2.45) is 5.73 Å². The van der Waals surface area contributed by atoms with Gasteiger partial charge in [0.1, 0.15) is 23.0 Å². The monoisotopic (exact) mass is 379 g/mol. The van der Waals surface area contributed by atoms with Gasteiger partial charge in [-0.2, -0.15) is 13.2 Å². The van der Waals surface area contributed by atoms with Crippen molar-refractivity contribution in [1.82, 2.24) is 5.32 Å². The quantitative estimate of drug-likeness (QED) is 0.221. The predicted octanol–water partition coefficient (Wildman–Crippen LogP) is 2.05. The Balaban J connectivity index is 3.03. The smallest absolute Gasteiger partial charge is 0.433 e. The number of hydrogen-bond acceptors (Lipinski definition) is 6. The van der Waals surface area contributed by atoms with Crippen molar-refractivity contribution in [3.8, 4) is 0 Å². The van der Waals surface area contributed by atoms with Gasteiger partial charge in [0.15, 0.2) is 12.3 Å². The molecule has 0 aliphatic rings. The summed E-state index contributed by atoms with van der Waals surface area (Å²) in [7, 11) is 0. The van der Waals surface area contributed by atoms with E-state index in [0.717, 1.165) is 18.2 Å². The highest BCUT2D eigenvalue weighted by molar-refractivity contribution is 6.21. The first kappa shape index (κ1) is 21.1. The number of ether oxygens (including phenoxy) is 1. The van der Waals surface area contributed by atoms with Gasteiger partial charge in [-0.1, -0.05) is 6.07 Å². The first-order chi connectivity index (χ1) is 12.0. The van der Waals surface area contributed by atoms with Crippen LogP contribution in [0.4, 0.5) is 22.0 Å². The van der Waals surface area contributed by atoms with Crippen LogP contribution in [-0.2, 0) is 9.53 Å². The number of hydrogen-bond donors (Lipinski definition) is 3. The summed E-state index contributed by atoms with van der Waals surface area (Å²) in [6, 6.07) is 2.56. The summed E-state index contributed by atoms with van der Waals surface area (Å²) in [5, 5.41) is 9.27. The lowest BCUT2D eigenvalue weighted by molar-refractivity contribution is -0.138. The van der Waals surface area contributed by atoms with E-state index in [1.165, 1.54) is 6.92 Å². The maximum absolute atomic E-state index is 13.5. The third-order valence-corrected chi connectivity index (χ3v) is 2.95. The molecule has 0 bridgehead atoms. The second-order valence-electron chi connectivity index (χ2n) is 4.79. The summed E-state index contributed by atoms with van der Waals surface area (Å²) in [6.45, 7) is 0.259. The number of rotatable bonds is 7. The van der Waals surface area contributed by atoms with Gasteiger partial charge >= 0.3 is 12.1 Å². The zero-order valence-electron chi connectivity index (χ0n) is 13.3. The molecule has 0 unspecified atom stereocenters. The van der Waals surface area contributed by atoms with E-state index in [-0.39, 0.29) is 6.54 Å². The molecule has 0 saturated carbocycles. The molecule has 0 aromatic heterocycles. The Bertz CT molecular complexity index is 739. The fourth-order valence-corrected chi connectivity index (χ4v) is 1.81. The van der Waals surface area contributed by atoms with Crippen LogP contribution in [0.5, 0.6) is 0 Å². The second-order valence-corrected chi connectivity index (χ2v) is 4.79. The molecule has 0 spiro atoms. The Morgan fingerprint density at radius 3 is 2.23 bits per heavy atom. The fraction of sp³-hybridized carbons (Fsp3) is 0.267. The molecule has 0 heterocycles.